The molecule has 1 atom stereocenters. The minimum absolute atomic E-state index is 0.0569. The number of hydrogen-bond donors (Lipinski definition) is 1. The number of aromatic nitrogens is 1. The zero-order valence-corrected chi connectivity index (χ0v) is 15.2. The van der Waals surface area contributed by atoms with Gasteiger partial charge in [0.2, 0.25) is 0 Å². The second-order valence-corrected chi connectivity index (χ2v) is 7.41. The van der Waals surface area contributed by atoms with Gasteiger partial charge in [-0.05, 0) is 30.5 Å². The summed E-state index contributed by atoms with van der Waals surface area (Å²) in [5, 5.41) is 3.75. The summed E-state index contributed by atoms with van der Waals surface area (Å²) in [6, 6.07) is 12.9. The predicted octanol–water partition coefficient (Wildman–Crippen LogP) is 3.72. The number of ether oxygens (including phenoxy) is 1. The zero-order valence-electron chi connectivity index (χ0n) is 15.2. The molecule has 4 nitrogen and oxygen atoms in total. The van der Waals surface area contributed by atoms with Gasteiger partial charge in [-0.15, -0.1) is 6.58 Å². The molecule has 3 heterocycles. The van der Waals surface area contributed by atoms with E-state index in [0.717, 1.165) is 51.2 Å². The highest BCUT2D eigenvalue weighted by Crippen LogP contribution is 2.44. The van der Waals surface area contributed by atoms with E-state index in [2.05, 4.69) is 52.1 Å². The van der Waals surface area contributed by atoms with Crippen molar-refractivity contribution < 1.29 is 4.74 Å². The fourth-order valence-electron chi connectivity index (χ4n) is 4.18. The van der Waals surface area contributed by atoms with Crippen LogP contribution in [-0.4, -0.2) is 35.1 Å². The Bertz CT molecular complexity index is 738. The summed E-state index contributed by atoms with van der Waals surface area (Å²) < 4.78 is 6.56. The lowest BCUT2D eigenvalue weighted by Gasteiger charge is -2.47. The van der Waals surface area contributed by atoms with Crippen LogP contribution in [0.2, 0.25) is 0 Å². The molecule has 0 radical (unpaired) electrons. The van der Waals surface area contributed by atoms with Crippen molar-refractivity contribution in [3.8, 4) is 5.75 Å². The quantitative estimate of drug-likeness (QED) is 0.835. The van der Waals surface area contributed by atoms with Gasteiger partial charge in [-0.2, -0.15) is 0 Å². The Kier molecular flexibility index (Phi) is 5.05. The van der Waals surface area contributed by atoms with Crippen molar-refractivity contribution in [2.24, 2.45) is 0 Å². The molecular formula is C22H27N3O. The maximum absolute atomic E-state index is 6.56. The number of hydrogen-bond acceptors (Lipinski definition) is 4. The average Bonchev–Trinajstić information content (AvgIpc) is 2.69. The normalized spacial score (nSPS) is 21.8. The number of benzene rings is 1. The molecule has 26 heavy (non-hydrogen) atoms. The van der Waals surface area contributed by atoms with Crippen LogP contribution in [0.4, 0.5) is 0 Å². The summed E-state index contributed by atoms with van der Waals surface area (Å²) in [4.78, 5) is 6.68. The van der Waals surface area contributed by atoms with Crippen LogP contribution >= 0.6 is 0 Å². The molecule has 0 bridgehead atoms. The van der Waals surface area contributed by atoms with Crippen molar-refractivity contribution in [1.82, 2.24) is 15.2 Å². The van der Waals surface area contributed by atoms with Crippen molar-refractivity contribution >= 4 is 0 Å². The van der Waals surface area contributed by atoms with Gasteiger partial charge in [0.05, 0.1) is 0 Å². The molecule has 1 unspecified atom stereocenters. The number of para-hydroxylation sites is 1. The first kappa shape index (κ1) is 17.3. The molecule has 1 N–H and O–H groups in total. The SMILES string of the molecule is C=CCN1CCC2(CC1)CC(NCc1cccnc1)c1ccccc1O2. The Balaban J connectivity index is 1.51. The van der Waals surface area contributed by atoms with E-state index >= 15 is 0 Å². The molecule has 2 aliphatic rings. The number of likely N-dealkylation sites (tertiary alicyclic amines) is 1. The smallest absolute Gasteiger partial charge is 0.124 e. The zero-order chi connectivity index (χ0) is 17.8. The van der Waals surface area contributed by atoms with Crippen LogP contribution in [0.3, 0.4) is 0 Å². The van der Waals surface area contributed by atoms with Gasteiger partial charge in [0.1, 0.15) is 11.4 Å². The van der Waals surface area contributed by atoms with E-state index in [1.165, 1.54) is 11.1 Å². The Hall–Kier alpha value is -2.17. The van der Waals surface area contributed by atoms with E-state index in [9.17, 15) is 0 Å². The monoisotopic (exact) mass is 349 g/mol. The topological polar surface area (TPSA) is 37.4 Å². The fraction of sp³-hybridized carbons (Fsp3) is 0.409. The molecule has 1 aromatic heterocycles. The van der Waals surface area contributed by atoms with Crippen LogP contribution in [-0.2, 0) is 6.54 Å². The first-order chi connectivity index (χ1) is 12.8. The predicted molar refractivity (Wildman–Crippen MR) is 104 cm³/mol. The van der Waals surface area contributed by atoms with Gasteiger partial charge in [-0.3, -0.25) is 9.88 Å². The van der Waals surface area contributed by atoms with Crippen LogP contribution in [0.1, 0.15) is 36.4 Å². The fourth-order valence-corrected chi connectivity index (χ4v) is 4.18. The highest BCUT2D eigenvalue weighted by atomic mass is 16.5. The maximum atomic E-state index is 6.56. The minimum Gasteiger partial charge on any atom is -0.487 e. The average molecular weight is 349 g/mol. The second-order valence-electron chi connectivity index (χ2n) is 7.41. The molecule has 136 valence electrons. The van der Waals surface area contributed by atoms with Crippen LogP contribution < -0.4 is 10.1 Å². The van der Waals surface area contributed by atoms with Crippen molar-refractivity contribution in [1.29, 1.82) is 0 Å². The summed E-state index contributed by atoms with van der Waals surface area (Å²) in [5.41, 5.74) is 2.43. The summed E-state index contributed by atoms with van der Waals surface area (Å²) in [7, 11) is 0. The van der Waals surface area contributed by atoms with Crippen molar-refractivity contribution in [3.63, 3.8) is 0 Å². The third-order valence-electron chi connectivity index (χ3n) is 5.63. The van der Waals surface area contributed by atoms with Crippen LogP contribution in [0.25, 0.3) is 0 Å². The lowest BCUT2D eigenvalue weighted by molar-refractivity contribution is -0.0232. The van der Waals surface area contributed by atoms with Crippen LogP contribution in [0.5, 0.6) is 5.75 Å². The lowest BCUT2D eigenvalue weighted by Crippen LogP contribution is -2.51. The molecule has 1 aromatic carbocycles. The highest BCUT2D eigenvalue weighted by molar-refractivity contribution is 5.39. The number of pyridine rings is 1. The van der Waals surface area contributed by atoms with E-state index < -0.39 is 0 Å². The van der Waals surface area contributed by atoms with E-state index in [0.29, 0.717) is 6.04 Å². The van der Waals surface area contributed by atoms with Crippen molar-refractivity contribution in [2.75, 3.05) is 19.6 Å². The number of fused-ring (bicyclic) bond motifs is 1. The van der Waals surface area contributed by atoms with Gasteiger partial charge in [0, 0.05) is 56.6 Å². The Morgan fingerprint density at radius 3 is 2.85 bits per heavy atom. The summed E-state index contributed by atoms with van der Waals surface area (Å²) in [5.74, 6) is 1.04. The molecule has 4 heteroatoms. The Morgan fingerprint density at radius 2 is 2.08 bits per heavy atom. The van der Waals surface area contributed by atoms with Crippen LogP contribution in [0.15, 0.2) is 61.4 Å². The van der Waals surface area contributed by atoms with E-state index in [1.807, 2.05) is 24.5 Å². The third kappa shape index (κ3) is 3.67. The largest absolute Gasteiger partial charge is 0.487 e. The van der Waals surface area contributed by atoms with Crippen molar-refractivity contribution in [3.05, 3.63) is 72.6 Å². The first-order valence-electron chi connectivity index (χ1n) is 9.51. The standard InChI is InChI=1S/C22H27N3O/c1-2-12-25-13-9-22(10-14-25)15-20(19-7-3-4-8-21(19)26-22)24-17-18-6-5-11-23-16-18/h2-8,11,16,20,24H,1,9-10,12-15,17H2. The highest BCUT2D eigenvalue weighted by Gasteiger charge is 2.42. The third-order valence-corrected chi connectivity index (χ3v) is 5.63. The Labute approximate surface area is 155 Å². The van der Waals surface area contributed by atoms with Crippen molar-refractivity contribution in [2.45, 2.75) is 37.5 Å². The first-order valence-corrected chi connectivity index (χ1v) is 9.51. The number of nitrogens with zero attached hydrogens (tertiary/aromatic N) is 2. The second kappa shape index (κ2) is 7.60. The van der Waals surface area contributed by atoms with Gasteiger partial charge < -0.3 is 10.1 Å². The molecule has 2 aliphatic heterocycles. The van der Waals surface area contributed by atoms with E-state index in [1.54, 1.807) is 0 Å². The summed E-state index contributed by atoms with van der Waals surface area (Å²) in [6.45, 7) is 7.80. The van der Waals surface area contributed by atoms with E-state index in [-0.39, 0.29) is 5.60 Å². The summed E-state index contributed by atoms with van der Waals surface area (Å²) in [6.07, 6.45) is 8.90. The molecule has 1 fully saturated rings. The van der Waals surface area contributed by atoms with Gasteiger partial charge >= 0.3 is 0 Å². The van der Waals surface area contributed by atoms with E-state index in [4.69, 9.17) is 4.74 Å². The molecular weight excluding hydrogens is 322 g/mol. The molecule has 2 aromatic rings. The van der Waals surface area contributed by atoms with Gasteiger partial charge in [-0.1, -0.05) is 30.3 Å². The Morgan fingerprint density at radius 1 is 1.23 bits per heavy atom. The molecule has 1 saturated heterocycles. The maximum Gasteiger partial charge on any atom is 0.124 e. The molecule has 4 rings (SSSR count). The summed E-state index contributed by atoms with van der Waals surface area (Å²) >= 11 is 0. The lowest BCUT2D eigenvalue weighted by atomic mass is 9.80. The number of rotatable bonds is 5. The molecule has 1 spiro atoms. The van der Waals surface area contributed by atoms with Gasteiger partial charge in [0.25, 0.3) is 0 Å². The van der Waals surface area contributed by atoms with Gasteiger partial charge in [0.15, 0.2) is 0 Å². The minimum atomic E-state index is -0.0569. The molecule has 0 saturated carbocycles. The number of piperidine rings is 1. The number of nitrogens with one attached hydrogen (secondary N) is 1. The molecule has 0 aliphatic carbocycles. The van der Waals surface area contributed by atoms with Gasteiger partial charge in [-0.25, -0.2) is 0 Å². The molecule has 0 amide bonds. The van der Waals surface area contributed by atoms with Crippen LogP contribution in [0, 0.1) is 0 Å².